The Morgan fingerprint density at radius 1 is 1.33 bits per heavy atom. The summed E-state index contributed by atoms with van der Waals surface area (Å²) in [5.41, 5.74) is 0.704. The molecule has 0 saturated carbocycles. The summed E-state index contributed by atoms with van der Waals surface area (Å²) in [6.45, 7) is 2.37. The van der Waals surface area contributed by atoms with E-state index in [0.717, 1.165) is 0 Å². The number of benzene rings is 1. The Labute approximate surface area is 106 Å². The Morgan fingerprint density at radius 2 is 2.00 bits per heavy atom. The second-order valence-electron chi connectivity index (χ2n) is 3.83. The fraction of sp³-hybridized carbons (Fsp3) is 0.462. The van der Waals surface area contributed by atoms with E-state index < -0.39 is 5.92 Å². The van der Waals surface area contributed by atoms with E-state index in [4.69, 9.17) is 18.9 Å². The highest BCUT2D eigenvalue weighted by molar-refractivity contribution is 5.82. The molecule has 0 radical (unpaired) electrons. The minimum absolute atomic E-state index is 0.255. The topological polar surface area (TPSA) is 54.0 Å². The van der Waals surface area contributed by atoms with Crippen LogP contribution in [0.25, 0.3) is 0 Å². The maximum absolute atomic E-state index is 11.9. The second-order valence-corrected chi connectivity index (χ2v) is 3.83. The average Bonchev–Trinajstić information content (AvgIpc) is 2.82. The van der Waals surface area contributed by atoms with E-state index in [2.05, 4.69) is 0 Å². The van der Waals surface area contributed by atoms with Gasteiger partial charge in [0.25, 0.3) is 0 Å². The first-order valence-electron chi connectivity index (χ1n) is 5.77. The quantitative estimate of drug-likeness (QED) is 0.764. The summed E-state index contributed by atoms with van der Waals surface area (Å²) in [6.07, 6.45) is 0. The molecule has 0 aromatic heterocycles. The number of ether oxygens (including phenoxy) is 4. The number of carbonyl (C=O) groups is 1. The normalized spacial score (nSPS) is 16.7. The van der Waals surface area contributed by atoms with Gasteiger partial charge in [-0.3, -0.25) is 4.79 Å². The van der Waals surface area contributed by atoms with E-state index >= 15 is 0 Å². The predicted octanol–water partition coefficient (Wildman–Crippen LogP) is 1.74. The Morgan fingerprint density at radius 3 is 2.61 bits per heavy atom. The molecule has 0 amide bonds. The van der Waals surface area contributed by atoms with E-state index in [1.165, 1.54) is 0 Å². The van der Waals surface area contributed by atoms with Crippen molar-refractivity contribution in [3.05, 3.63) is 17.7 Å². The minimum Gasteiger partial charge on any atom is -0.496 e. The molecule has 1 aromatic carbocycles. The van der Waals surface area contributed by atoms with Crippen molar-refractivity contribution in [1.29, 1.82) is 0 Å². The summed E-state index contributed by atoms with van der Waals surface area (Å²) in [4.78, 5) is 11.9. The van der Waals surface area contributed by atoms with Gasteiger partial charge in [-0.05, 0) is 19.1 Å². The van der Waals surface area contributed by atoms with Gasteiger partial charge in [0.05, 0.1) is 26.4 Å². The molecule has 98 valence electrons. The van der Waals surface area contributed by atoms with Crippen molar-refractivity contribution in [2.45, 2.75) is 12.8 Å². The van der Waals surface area contributed by atoms with E-state index in [-0.39, 0.29) is 12.6 Å². The standard InChI is InChI=1S/C13H16O5/c1-4-17-13(14)8-7-18-12-10(16-3)6-5-9(15-2)11(8)12/h5-6,8H,4,7H2,1-3H3. The summed E-state index contributed by atoms with van der Waals surface area (Å²) < 4.78 is 21.1. The molecule has 1 aliphatic rings. The van der Waals surface area contributed by atoms with Crippen LogP contribution in [0.5, 0.6) is 17.2 Å². The largest absolute Gasteiger partial charge is 0.496 e. The first kappa shape index (κ1) is 12.5. The van der Waals surface area contributed by atoms with Crippen LogP contribution < -0.4 is 14.2 Å². The molecule has 1 aromatic rings. The van der Waals surface area contributed by atoms with Crippen molar-refractivity contribution >= 4 is 5.97 Å². The number of esters is 1. The van der Waals surface area contributed by atoms with Crippen LogP contribution >= 0.6 is 0 Å². The lowest BCUT2D eigenvalue weighted by Gasteiger charge is -2.12. The predicted molar refractivity (Wildman–Crippen MR) is 64.4 cm³/mol. The summed E-state index contributed by atoms with van der Waals surface area (Å²) >= 11 is 0. The summed E-state index contributed by atoms with van der Waals surface area (Å²) in [5, 5.41) is 0. The Bertz CT molecular complexity index is 455. The first-order chi connectivity index (χ1) is 8.72. The lowest BCUT2D eigenvalue weighted by molar-refractivity contribution is -0.145. The molecule has 1 unspecified atom stereocenters. The maximum atomic E-state index is 11.9. The van der Waals surface area contributed by atoms with Gasteiger partial charge in [0.2, 0.25) is 0 Å². The fourth-order valence-electron chi connectivity index (χ4n) is 2.06. The molecule has 0 spiro atoms. The van der Waals surface area contributed by atoms with Gasteiger partial charge in [-0.2, -0.15) is 0 Å². The van der Waals surface area contributed by atoms with Crippen molar-refractivity contribution in [3.8, 4) is 17.2 Å². The highest BCUT2D eigenvalue weighted by atomic mass is 16.5. The van der Waals surface area contributed by atoms with Crippen LogP contribution in [0.2, 0.25) is 0 Å². The van der Waals surface area contributed by atoms with Crippen LogP contribution in [0.15, 0.2) is 12.1 Å². The van der Waals surface area contributed by atoms with Crippen LogP contribution in [0.1, 0.15) is 18.4 Å². The summed E-state index contributed by atoms with van der Waals surface area (Å²) in [6, 6.07) is 3.52. The molecule has 5 heteroatoms. The number of carbonyl (C=O) groups excluding carboxylic acids is 1. The van der Waals surface area contributed by atoms with Crippen molar-refractivity contribution in [1.82, 2.24) is 0 Å². The van der Waals surface area contributed by atoms with Crippen LogP contribution in [-0.2, 0) is 9.53 Å². The number of hydrogen-bond donors (Lipinski definition) is 0. The summed E-state index contributed by atoms with van der Waals surface area (Å²) in [7, 11) is 3.12. The molecular weight excluding hydrogens is 236 g/mol. The van der Waals surface area contributed by atoms with Gasteiger partial charge >= 0.3 is 5.97 Å². The van der Waals surface area contributed by atoms with Crippen LogP contribution in [0.3, 0.4) is 0 Å². The molecule has 1 atom stereocenters. The molecular formula is C13H16O5. The highest BCUT2D eigenvalue weighted by Gasteiger charge is 2.36. The molecule has 0 N–H and O–H groups in total. The van der Waals surface area contributed by atoms with Crippen LogP contribution in [-0.4, -0.2) is 33.4 Å². The van der Waals surface area contributed by atoms with Crippen molar-refractivity contribution in [3.63, 3.8) is 0 Å². The molecule has 0 fully saturated rings. The molecule has 1 heterocycles. The zero-order valence-corrected chi connectivity index (χ0v) is 10.7. The highest BCUT2D eigenvalue weighted by Crippen LogP contribution is 2.46. The summed E-state index contributed by atoms with van der Waals surface area (Å²) in [5.74, 6) is 1.02. The molecule has 1 aliphatic heterocycles. The number of hydrogen-bond acceptors (Lipinski definition) is 5. The van der Waals surface area contributed by atoms with E-state index in [0.29, 0.717) is 29.4 Å². The van der Waals surface area contributed by atoms with Gasteiger partial charge < -0.3 is 18.9 Å². The van der Waals surface area contributed by atoms with Crippen molar-refractivity contribution in [2.75, 3.05) is 27.4 Å². The zero-order chi connectivity index (χ0) is 13.1. The van der Waals surface area contributed by atoms with Gasteiger partial charge in [0.1, 0.15) is 18.3 Å². The molecule has 0 aliphatic carbocycles. The number of rotatable bonds is 4. The van der Waals surface area contributed by atoms with Gasteiger partial charge in [-0.15, -0.1) is 0 Å². The zero-order valence-electron chi connectivity index (χ0n) is 10.7. The third-order valence-electron chi connectivity index (χ3n) is 2.87. The number of fused-ring (bicyclic) bond motifs is 1. The van der Waals surface area contributed by atoms with Gasteiger partial charge in [0.15, 0.2) is 11.5 Å². The van der Waals surface area contributed by atoms with Gasteiger partial charge in [-0.25, -0.2) is 0 Å². The minimum atomic E-state index is -0.454. The molecule has 0 saturated heterocycles. The smallest absolute Gasteiger partial charge is 0.317 e. The third kappa shape index (κ3) is 1.96. The fourth-order valence-corrected chi connectivity index (χ4v) is 2.06. The van der Waals surface area contributed by atoms with Crippen LogP contribution in [0, 0.1) is 0 Å². The van der Waals surface area contributed by atoms with Crippen LogP contribution in [0.4, 0.5) is 0 Å². The average molecular weight is 252 g/mol. The number of methoxy groups -OCH3 is 2. The second kappa shape index (κ2) is 5.16. The first-order valence-corrected chi connectivity index (χ1v) is 5.77. The SMILES string of the molecule is CCOC(=O)C1COc2c(OC)ccc(OC)c21. The third-order valence-corrected chi connectivity index (χ3v) is 2.87. The Hall–Kier alpha value is -1.91. The maximum Gasteiger partial charge on any atom is 0.317 e. The lowest BCUT2D eigenvalue weighted by atomic mass is 10.00. The monoisotopic (exact) mass is 252 g/mol. The lowest BCUT2D eigenvalue weighted by Crippen LogP contribution is -2.17. The van der Waals surface area contributed by atoms with E-state index in [9.17, 15) is 4.79 Å². The van der Waals surface area contributed by atoms with E-state index in [1.807, 2.05) is 0 Å². The van der Waals surface area contributed by atoms with Crippen molar-refractivity contribution in [2.24, 2.45) is 0 Å². The van der Waals surface area contributed by atoms with Gasteiger partial charge in [0, 0.05) is 0 Å². The molecule has 2 rings (SSSR count). The Kier molecular flexibility index (Phi) is 3.60. The van der Waals surface area contributed by atoms with Gasteiger partial charge in [-0.1, -0.05) is 0 Å². The Balaban J connectivity index is 2.43. The molecule has 18 heavy (non-hydrogen) atoms. The van der Waals surface area contributed by atoms with E-state index in [1.54, 1.807) is 33.3 Å². The molecule has 5 nitrogen and oxygen atoms in total. The molecule has 0 bridgehead atoms. The van der Waals surface area contributed by atoms with Crippen molar-refractivity contribution < 1.29 is 23.7 Å².